The van der Waals surface area contributed by atoms with Gasteiger partial charge >= 0.3 is 12.0 Å². The summed E-state index contributed by atoms with van der Waals surface area (Å²) < 4.78 is 5.17. The van der Waals surface area contributed by atoms with Crippen molar-refractivity contribution in [1.29, 1.82) is 0 Å². The maximum atomic E-state index is 12.4. The molecule has 7 nitrogen and oxygen atoms in total. The average molecular weight is 336 g/mol. The van der Waals surface area contributed by atoms with E-state index < -0.39 is 12.1 Å². The van der Waals surface area contributed by atoms with E-state index >= 15 is 0 Å². The number of nitrogens with zero attached hydrogens (tertiary/aromatic N) is 1. The molecule has 1 saturated heterocycles. The van der Waals surface area contributed by atoms with E-state index in [0.29, 0.717) is 19.4 Å². The maximum Gasteiger partial charge on any atom is 0.317 e. The van der Waals surface area contributed by atoms with Gasteiger partial charge in [-0.2, -0.15) is 0 Å². The molecule has 3 atom stereocenters. The normalized spacial score (nSPS) is 21.2. The standard InChI is InChI=1S/C17H24N2O5/c1-19(14-10-24-11-15(14)20)17(23)18-13(7-8-16(21)22)9-12-5-3-2-4-6-12/h2-6,13-15,20H,7-11H2,1H3,(H,18,23)(H,21,22)/t13?,14-,15-/m1/s1. The van der Waals surface area contributed by atoms with Crippen LogP contribution in [-0.2, 0) is 16.0 Å². The van der Waals surface area contributed by atoms with E-state index in [4.69, 9.17) is 9.84 Å². The maximum absolute atomic E-state index is 12.4. The zero-order valence-electron chi connectivity index (χ0n) is 13.7. The fraction of sp³-hybridized carbons (Fsp3) is 0.529. The van der Waals surface area contributed by atoms with Gasteiger partial charge in [0.05, 0.1) is 25.4 Å². The molecule has 1 fully saturated rings. The van der Waals surface area contributed by atoms with Gasteiger partial charge in [0.25, 0.3) is 0 Å². The molecule has 2 rings (SSSR count). The number of rotatable bonds is 7. The highest BCUT2D eigenvalue weighted by atomic mass is 16.5. The van der Waals surface area contributed by atoms with Gasteiger partial charge in [-0.05, 0) is 18.4 Å². The quantitative estimate of drug-likeness (QED) is 0.686. The van der Waals surface area contributed by atoms with Crippen LogP contribution in [0.4, 0.5) is 4.79 Å². The molecule has 24 heavy (non-hydrogen) atoms. The Bertz CT molecular complexity index is 551. The van der Waals surface area contributed by atoms with Gasteiger partial charge in [0.2, 0.25) is 0 Å². The summed E-state index contributed by atoms with van der Waals surface area (Å²) in [5.74, 6) is -0.893. The highest BCUT2D eigenvalue weighted by molar-refractivity contribution is 5.75. The van der Waals surface area contributed by atoms with E-state index in [1.165, 1.54) is 4.90 Å². The van der Waals surface area contributed by atoms with Crippen LogP contribution in [-0.4, -0.2) is 65.6 Å². The van der Waals surface area contributed by atoms with Gasteiger partial charge in [-0.1, -0.05) is 30.3 Å². The lowest BCUT2D eigenvalue weighted by molar-refractivity contribution is -0.137. The summed E-state index contributed by atoms with van der Waals surface area (Å²) in [4.78, 5) is 24.7. The van der Waals surface area contributed by atoms with Gasteiger partial charge in [-0.15, -0.1) is 0 Å². The molecular formula is C17H24N2O5. The summed E-state index contributed by atoms with van der Waals surface area (Å²) in [6, 6.07) is 8.59. The summed E-state index contributed by atoms with van der Waals surface area (Å²) >= 11 is 0. The molecule has 0 bridgehead atoms. The summed E-state index contributed by atoms with van der Waals surface area (Å²) in [5, 5.41) is 21.6. The van der Waals surface area contributed by atoms with Crippen LogP contribution in [0.1, 0.15) is 18.4 Å². The number of aliphatic hydroxyl groups is 1. The van der Waals surface area contributed by atoms with Crippen LogP contribution >= 0.6 is 0 Å². The smallest absolute Gasteiger partial charge is 0.317 e. The SMILES string of the molecule is CN(C(=O)NC(CCC(=O)O)Cc1ccccc1)[C@@H]1COC[C@H]1O. The van der Waals surface area contributed by atoms with Gasteiger partial charge in [0.15, 0.2) is 0 Å². The van der Waals surface area contributed by atoms with Crippen LogP contribution in [0.15, 0.2) is 30.3 Å². The van der Waals surface area contributed by atoms with Crippen molar-refractivity contribution in [3.63, 3.8) is 0 Å². The molecule has 0 aliphatic carbocycles. The first kappa shape index (κ1) is 18.2. The Hall–Kier alpha value is -2.12. The number of hydrogen-bond acceptors (Lipinski definition) is 4. The third kappa shape index (κ3) is 5.21. The lowest BCUT2D eigenvalue weighted by Crippen LogP contribution is -2.51. The molecular weight excluding hydrogens is 312 g/mol. The number of hydrogen-bond donors (Lipinski definition) is 3. The number of carbonyl (C=O) groups is 2. The van der Waals surface area contributed by atoms with Crippen LogP contribution in [0.5, 0.6) is 0 Å². The van der Waals surface area contributed by atoms with Gasteiger partial charge in [-0.25, -0.2) is 4.79 Å². The number of ether oxygens (including phenoxy) is 1. The molecule has 1 aromatic rings. The summed E-state index contributed by atoms with van der Waals surface area (Å²) in [5.41, 5.74) is 1.03. The Balaban J connectivity index is 1.97. The molecule has 1 unspecified atom stereocenters. The molecule has 0 aromatic heterocycles. The second-order valence-corrected chi connectivity index (χ2v) is 6.05. The minimum absolute atomic E-state index is 0.0172. The molecule has 1 aliphatic heterocycles. The molecule has 1 heterocycles. The number of aliphatic hydroxyl groups excluding tert-OH is 1. The van der Waals surface area contributed by atoms with E-state index in [1.54, 1.807) is 7.05 Å². The Kier molecular flexibility index (Phi) is 6.57. The first-order valence-corrected chi connectivity index (χ1v) is 8.02. The van der Waals surface area contributed by atoms with E-state index in [9.17, 15) is 14.7 Å². The first-order chi connectivity index (χ1) is 11.5. The molecule has 132 valence electrons. The predicted molar refractivity (Wildman–Crippen MR) is 87.7 cm³/mol. The molecule has 1 aliphatic rings. The Morgan fingerprint density at radius 2 is 2.04 bits per heavy atom. The Labute approximate surface area is 141 Å². The lowest BCUT2D eigenvalue weighted by atomic mass is 10.0. The number of aliphatic carboxylic acids is 1. The topological polar surface area (TPSA) is 99.1 Å². The highest BCUT2D eigenvalue weighted by Crippen LogP contribution is 2.13. The van der Waals surface area contributed by atoms with Crippen molar-refractivity contribution in [2.45, 2.75) is 37.5 Å². The fourth-order valence-corrected chi connectivity index (χ4v) is 2.75. The number of carbonyl (C=O) groups excluding carboxylic acids is 1. The fourth-order valence-electron chi connectivity index (χ4n) is 2.75. The number of benzene rings is 1. The van der Waals surface area contributed by atoms with Crippen molar-refractivity contribution in [2.75, 3.05) is 20.3 Å². The molecule has 0 saturated carbocycles. The second kappa shape index (κ2) is 8.65. The van der Waals surface area contributed by atoms with Crippen molar-refractivity contribution in [1.82, 2.24) is 10.2 Å². The van der Waals surface area contributed by atoms with Crippen molar-refractivity contribution < 1.29 is 24.5 Å². The van der Waals surface area contributed by atoms with E-state index in [0.717, 1.165) is 5.56 Å². The second-order valence-electron chi connectivity index (χ2n) is 6.05. The number of nitrogens with one attached hydrogen (secondary N) is 1. The van der Waals surface area contributed by atoms with Gasteiger partial charge in [-0.3, -0.25) is 4.79 Å². The van der Waals surface area contributed by atoms with E-state index in [-0.39, 0.29) is 31.1 Å². The van der Waals surface area contributed by atoms with Crippen LogP contribution in [0, 0.1) is 0 Å². The summed E-state index contributed by atoms with van der Waals surface area (Å²) in [6.07, 6.45) is 0.175. The molecule has 3 N–H and O–H groups in total. The highest BCUT2D eigenvalue weighted by Gasteiger charge is 2.32. The number of likely N-dealkylation sites (N-methyl/N-ethyl adjacent to an activating group) is 1. The van der Waals surface area contributed by atoms with Crippen LogP contribution in [0.2, 0.25) is 0 Å². The molecule has 0 radical (unpaired) electrons. The molecule has 1 aromatic carbocycles. The molecule has 0 spiro atoms. The first-order valence-electron chi connectivity index (χ1n) is 8.02. The van der Waals surface area contributed by atoms with Gasteiger partial charge in [0, 0.05) is 19.5 Å². The van der Waals surface area contributed by atoms with Crippen LogP contribution in [0.25, 0.3) is 0 Å². The third-order valence-electron chi connectivity index (χ3n) is 4.20. The van der Waals surface area contributed by atoms with E-state index in [2.05, 4.69) is 5.32 Å². The van der Waals surface area contributed by atoms with Crippen molar-refractivity contribution in [3.8, 4) is 0 Å². The Morgan fingerprint density at radius 3 is 2.62 bits per heavy atom. The van der Waals surface area contributed by atoms with Crippen molar-refractivity contribution in [2.24, 2.45) is 0 Å². The monoisotopic (exact) mass is 336 g/mol. The van der Waals surface area contributed by atoms with Crippen LogP contribution < -0.4 is 5.32 Å². The third-order valence-corrected chi connectivity index (χ3v) is 4.20. The molecule has 2 amide bonds. The largest absolute Gasteiger partial charge is 0.481 e. The number of amides is 2. The van der Waals surface area contributed by atoms with Crippen LogP contribution in [0.3, 0.4) is 0 Å². The van der Waals surface area contributed by atoms with E-state index in [1.807, 2.05) is 30.3 Å². The number of carboxylic acids is 1. The average Bonchev–Trinajstić information content (AvgIpc) is 2.98. The summed E-state index contributed by atoms with van der Waals surface area (Å²) in [6.45, 7) is 0.512. The number of carboxylic acid groups (broad SMARTS) is 1. The minimum Gasteiger partial charge on any atom is -0.481 e. The van der Waals surface area contributed by atoms with Gasteiger partial charge in [0.1, 0.15) is 0 Å². The van der Waals surface area contributed by atoms with Crippen molar-refractivity contribution in [3.05, 3.63) is 35.9 Å². The molecule has 7 heteroatoms. The minimum atomic E-state index is -0.893. The summed E-state index contributed by atoms with van der Waals surface area (Å²) in [7, 11) is 1.61. The predicted octanol–water partition coefficient (Wildman–Crippen LogP) is 0.864. The zero-order chi connectivity index (χ0) is 17.5. The van der Waals surface area contributed by atoms with Gasteiger partial charge < -0.3 is 25.2 Å². The van der Waals surface area contributed by atoms with Crippen molar-refractivity contribution >= 4 is 12.0 Å². The number of urea groups is 1. The zero-order valence-corrected chi connectivity index (χ0v) is 13.7. The Morgan fingerprint density at radius 1 is 1.33 bits per heavy atom. The lowest BCUT2D eigenvalue weighted by Gasteiger charge is -2.28.